The quantitative estimate of drug-likeness (QED) is 0.732. The highest BCUT2D eigenvalue weighted by Crippen LogP contribution is 2.27. The lowest BCUT2D eigenvalue weighted by Gasteiger charge is -2.09. The smallest absolute Gasteiger partial charge is 0.408 e. The van der Waals surface area contributed by atoms with E-state index >= 15 is 0 Å². The van der Waals surface area contributed by atoms with Crippen LogP contribution in [-0.2, 0) is 23.9 Å². The number of alkyl halides is 3. The van der Waals surface area contributed by atoms with E-state index in [0.717, 1.165) is 6.07 Å². The van der Waals surface area contributed by atoms with Crippen LogP contribution in [0.2, 0.25) is 0 Å². The molecule has 0 spiro atoms. The van der Waals surface area contributed by atoms with Gasteiger partial charge in [-0.15, -0.1) is 0 Å². The van der Waals surface area contributed by atoms with Gasteiger partial charge in [0.2, 0.25) is 5.91 Å². The normalized spacial score (nSPS) is 11.7. The van der Waals surface area contributed by atoms with Crippen LogP contribution in [0.15, 0.2) is 39.5 Å². The molecule has 1 amide bonds. The van der Waals surface area contributed by atoms with Gasteiger partial charge in [0.1, 0.15) is 18.1 Å². The molecule has 0 aliphatic rings. The number of fused-ring (bicyclic) bond motifs is 1. The molecule has 0 unspecified atom stereocenters. The Morgan fingerprint density at radius 1 is 1.26 bits per heavy atom. The van der Waals surface area contributed by atoms with Crippen LogP contribution in [0.1, 0.15) is 17.2 Å². The van der Waals surface area contributed by atoms with Crippen LogP contribution in [-0.4, -0.2) is 27.0 Å². The molecule has 0 atom stereocenters. The maximum absolute atomic E-state index is 12.8. The number of nitrogens with one attached hydrogen (secondary N) is 1. The predicted octanol–water partition coefficient (Wildman–Crippen LogP) is 2.07. The number of oxazole rings is 1. The Morgan fingerprint density at radius 3 is 2.74 bits per heavy atom. The van der Waals surface area contributed by atoms with Gasteiger partial charge in [-0.05, 0) is 25.1 Å². The molecule has 0 saturated carbocycles. The maximum atomic E-state index is 12.8. The first kappa shape index (κ1) is 18.6. The Kier molecular flexibility index (Phi) is 4.98. The number of nitrogens with zero attached hydrogens (tertiary/aromatic N) is 3. The third kappa shape index (κ3) is 4.33. The van der Waals surface area contributed by atoms with E-state index in [-0.39, 0.29) is 31.0 Å². The van der Waals surface area contributed by atoms with Crippen molar-refractivity contribution in [2.75, 3.05) is 6.54 Å². The Morgan fingerprint density at radius 2 is 2.00 bits per heavy atom. The zero-order valence-corrected chi connectivity index (χ0v) is 14.2. The van der Waals surface area contributed by atoms with Crippen molar-refractivity contribution in [3.8, 4) is 0 Å². The first-order chi connectivity index (χ1) is 12.7. The van der Waals surface area contributed by atoms with Crippen LogP contribution in [0.3, 0.4) is 0 Å². The molecule has 2 aromatic heterocycles. The van der Waals surface area contributed by atoms with Gasteiger partial charge in [0.15, 0.2) is 5.58 Å². The Balaban J connectivity index is 1.62. The molecule has 3 rings (SSSR count). The molecule has 3 aromatic rings. The summed E-state index contributed by atoms with van der Waals surface area (Å²) in [5, 5.41) is 2.54. The number of rotatable bonds is 5. The summed E-state index contributed by atoms with van der Waals surface area (Å²) < 4.78 is 44.5. The average molecular weight is 380 g/mol. The lowest BCUT2D eigenvalue weighted by Crippen LogP contribution is -2.32. The van der Waals surface area contributed by atoms with E-state index in [9.17, 15) is 22.8 Å². The van der Waals surface area contributed by atoms with Crippen LogP contribution in [0.5, 0.6) is 0 Å². The van der Waals surface area contributed by atoms with Crippen molar-refractivity contribution in [3.63, 3.8) is 0 Å². The van der Waals surface area contributed by atoms with E-state index in [2.05, 4.69) is 15.3 Å². The van der Waals surface area contributed by atoms with Gasteiger partial charge in [-0.25, -0.2) is 14.8 Å². The minimum atomic E-state index is -4.56. The lowest BCUT2D eigenvalue weighted by molar-refractivity contribution is -0.141. The fourth-order valence-electron chi connectivity index (χ4n) is 2.56. The Bertz CT molecular complexity index is 1040. The molecule has 1 N–H and O–H groups in total. The summed E-state index contributed by atoms with van der Waals surface area (Å²) in [4.78, 5) is 31.3. The Hall–Kier alpha value is -3.17. The van der Waals surface area contributed by atoms with Gasteiger partial charge in [-0.3, -0.25) is 9.36 Å². The summed E-state index contributed by atoms with van der Waals surface area (Å²) in [5.41, 5.74) is 0.0143. The number of carbonyl (C=O) groups excluding carboxylic acids is 1. The van der Waals surface area contributed by atoms with Crippen LogP contribution < -0.4 is 11.1 Å². The molecule has 142 valence electrons. The highest BCUT2D eigenvalue weighted by molar-refractivity contribution is 5.79. The van der Waals surface area contributed by atoms with Gasteiger partial charge in [-0.1, -0.05) is 12.1 Å². The average Bonchev–Trinajstić information content (AvgIpc) is 2.89. The molecular weight excluding hydrogens is 365 g/mol. The van der Waals surface area contributed by atoms with Gasteiger partial charge in [-0.2, -0.15) is 13.2 Å². The number of benzene rings is 1. The molecule has 2 heterocycles. The first-order valence-electron chi connectivity index (χ1n) is 8.01. The molecule has 10 heteroatoms. The predicted molar refractivity (Wildman–Crippen MR) is 89.0 cm³/mol. The highest BCUT2D eigenvalue weighted by Gasteiger charge is 2.33. The van der Waals surface area contributed by atoms with Crippen molar-refractivity contribution in [2.24, 2.45) is 0 Å². The van der Waals surface area contributed by atoms with Crippen molar-refractivity contribution in [1.29, 1.82) is 0 Å². The fraction of sp³-hybridized carbons (Fsp3) is 0.294. The second kappa shape index (κ2) is 7.22. The van der Waals surface area contributed by atoms with Crippen LogP contribution in [0, 0.1) is 6.92 Å². The van der Waals surface area contributed by atoms with Gasteiger partial charge >= 0.3 is 11.9 Å². The number of para-hydroxylation sites is 2. The molecule has 0 aliphatic carbocycles. The van der Waals surface area contributed by atoms with Gasteiger partial charge in [0.25, 0.3) is 0 Å². The summed E-state index contributed by atoms with van der Waals surface area (Å²) in [6, 6.07) is 7.52. The summed E-state index contributed by atoms with van der Waals surface area (Å²) >= 11 is 0. The van der Waals surface area contributed by atoms with Crippen molar-refractivity contribution in [3.05, 3.63) is 58.1 Å². The van der Waals surface area contributed by atoms with E-state index in [1.54, 1.807) is 24.3 Å². The number of hydrogen-bond donors (Lipinski definition) is 1. The molecule has 0 saturated heterocycles. The summed E-state index contributed by atoms with van der Waals surface area (Å²) in [7, 11) is 0. The molecule has 7 nitrogen and oxygen atoms in total. The molecule has 0 aliphatic heterocycles. The second-order valence-corrected chi connectivity index (χ2v) is 5.83. The number of carbonyl (C=O) groups is 1. The molecule has 0 fully saturated rings. The van der Waals surface area contributed by atoms with Gasteiger partial charge < -0.3 is 9.73 Å². The maximum Gasteiger partial charge on any atom is 0.433 e. The van der Waals surface area contributed by atoms with Crippen LogP contribution in [0.25, 0.3) is 11.1 Å². The van der Waals surface area contributed by atoms with Crippen molar-refractivity contribution in [1.82, 2.24) is 19.9 Å². The van der Waals surface area contributed by atoms with Gasteiger partial charge in [0, 0.05) is 18.7 Å². The van der Waals surface area contributed by atoms with Gasteiger partial charge in [0.05, 0.1) is 5.52 Å². The standard InChI is InChI=1S/C17H15F3N4O3/c1-10-8-13(17(18,19)20)23-14(22-10)6-7-21-15(25)9-24-11-4-2-3-5-12(11)27-16(24)26/h2-5,8H,6-7,9H2,1H3,(H,21,25). The van der Waals surface area contributed by atoms with E-state index in [1.807, 2.05) is 0 Å². The third-order valence-corrected chi connectivity index (χ3v) is 3.74. The zero-order chi connectivity index (χ0) is 19.6. The SMILES string of the molecule is Cc1cc(C(F)(F)F)nc(CCNC(=O)Cn2c(=O)oc3ccccc32)n1. The largest absolute Gasteiger partial charge is 0.433 e. The number of hydrogen-bond acceptors (Lipinski definition) is 5. The second-order valence-electron chi connectivity index (χ2n) is 5.83. The number of aromatic nitrogens is 3. The molecule has 1 aromatic carbocycles. The van der Waals surface area contributed by atoms with Crippen molar-refractivity contribution in [2.45, 2.75) is 26.1 Å². The first-order valence-corrected chi connectivity index (χ1v) is 8.01. The topological polar surface area (TPSA) is 90.0 Å². The monoisotopic (exact) mass is 380 g/mol. The molecule has 0 radical (unpaired) electrons. The minimum Gasteiger partial charge on any atom is -0.408 e. The number of halogens is 3. The van der Waals surface area contributed by atoms with E-state index in [0.29, 0.717) is 11.1 Å². The summed E-state index contributed by atoms with van der Waals surface area (Å²) in [5.74, 6) is -1.16. The molecule has 27 heavy (non-hydrogen) atoms. The lowest BCUT2D eigenvalue weighted by atomic mass is 10.3. The van der Waals surface area contributed by atoms with Crippen molar-refractivity contribution < 1.29 is 22.4 Å². The van der Waals surface area contributed by atoms with E-state index < -0.39 is 23.5 Å². The zero-order valence-electron chi connectivity index (χ0n) is 14.2. The number of amides is 1. The molecule has 0 bridgehead atoms. The van der Waals surface area contributed by atoms with Crippen LogP contribution in [0.4, 0.5) is 13.2 Å². The van der Waals surface area contributed by atoms with E-state index in [1.165, 1.54) is 11.5 Å². The third-order valence-electron chi connectivity index (χ3n) is 3.74. The number of aryl methyl sites for hydroxylation is 1. The fourth-order valence-corrected chi connectivity index (χ4v) is 2.56. The summed E-state index contributed by atoms with van der Waals surface area (Å²) in [6.07, 6.45) is -4.53. The van der Waals surface area contributed by atoms with Crippen molar-refractivity contribution >= 4 is 17.0 Å². The summed E-state index contributed by atoms with van der Waals surface area (Å²) in [6.45, 7) is 1.21. The van der Waals surface area contributed by atoms with E-state index in [4.69, 9.17) is 4.42 Å². The Labute approximate surface area is 150 Å². The highest BCUT2D eigenvalue weighted by atomic mass is 19.4. The van der Waals surface area contributed by atoms with Crippen LogP contribution >= 0.6 is 0 Å². The minimum absolute atomic E-state index is 0.0199. The molecular formula is C17H15F3N4O3.